The van der Waals surface area contributed by atoms with Crippen molar-refractivity contribution >= 4 is 5.95 Å². The molecule has 4 heteroatoms. The zero-order valence-corrected chi connectivity index (χ0v) is 10.2. The Morgan fingerprint density at radius 3 is 2.62 bits per heavy atom. The predicted octanol–water partition coefficient (Wildman–Crippen LogP) is 2.07. The van der Waals surface area contributed by atoms with Gasteiger partial charge in [0.2, 0.25) is 5.95 Å². The van der Waals surface area contributed by atoms with Gasteiger partial charge in [-0.3, -0.25) is 0 Å². The van der Waals surface area contributed by atoms with Crippen molar-refractivity contribution in [2.24, 2.45) is 0 Å². The minimum atomic E-state index is -0.0546. The molecule has 0 aliphatic carbocycles. The minimum absolute atomic E-state index is 0.0546. The first-order valence-electron chi connectivity index (χ1n) is 5.78. The van der Waals surface area contributed by atoms with Crippen LogP contribution in [0, 0.1) is 13.8 Å². The van der Waals surface area contributed by atoms with E-state index in [1.165, 1.54) is 0 Å². The number of hydrogen-bond acceptors (Lipinski definition) is 4. The van der Waals surface area contributed by atoms with E-state index < -0.39 is 0 Å². The van der Waals surface area contributed by atoms with Crippen LogP contribution < -0.4 is 5.32 Å². The van der Waals surface area contributed by atoms with Crippen molar-refractivity contribution in [3.8, 4) is 0 Å². The van der Waals surface area contributed by atoms with E-state index in [1.807, 2.05) is 19.9 Å². The monoisotopic (exact) mass is 221 g/mol. The van der Waals surface area contributed by atoms with Crippen molar-refractivity contribution in [3.05, 3.63) is 17.5 Å². The van der Waals surface area contributed by atoms with Gasteiger partial charge in [-0.25, -0.2) is 9.97 Å². The van der Waals surface area contributed by atoms with Crippen molar-refractivity contribution < 1.29 is 4.74 Å². The fourth-order valence-corrected chi connectivity index (χ4v) is 2.05. The second-order valence-electron chi connectivity index (χ2n) is 4.73. The summed E-state index contributed by atoms with van der Waals surface area (Å²) in [5.41, 5.74) is 1.93. The number of hydrogen-bond donors (Lipinski definition) is 1. The third kappa shape index (κ3) is 2.70. The van der Waals surface area contributed by atoms with Crippen LogP contribution in [0.25, 0.3) is 0 Å². The molecular formula is C12H19N3O. The van der Waals surface area contributed by atoms with Crippen molar-refractivity contribution in [2.75, 3.05) is 18.5 Å². The molecule has 1 aliphatic heterocycles. The van der Waals surface area contributed by atoms with Crippen molar-refractivity contribution in [3.63, 3.8) is 0 Å². The van der Waals surface area contributed by atoms with E-state index in [1.54, 1.807) is 0 Å². The van der Waals surface area contributed by atoms with Crippen LogP contribution in [-0.2, 0) is 4.74 Å². The van der Waals surface area contributed by atoms with Crippen LogP contribution in [-0.4, -0.2) is 28.7 Å². The summed E-state index contributed by atoms with van der Waals surface area (Å²) < 4.78 is 5.70. The van der Waals surface area contributed by atoms with E-state index >= 15 is 0 Å². The van der Waals surface area contributed by atoms with Crippen LogP contribution >= 0.6 is 0 Å². The molecule has 1 N–H and O–H groups in total. The van der Waals surface area contributed by atoms with Crippen molar-refractivity contribution in [1.82, 2.24) is 9.97 Å². The van der Waals surface area contributed by atoms with Crippen molar-refractivity contribution in [2.45, 2.75) is 39.2 Å². The van der Waals surface area contributed by atoms with Crippen molar-refractivity contribution in [1.29, 1.82) is 0 Å². The van der Waals surface area contributed by atoms with E-state index in [-0.39, 0.29) is 5.60 Å². The second-order valence-corrected chi connectivity index (χ2v) is 4.73. The molecule has 4 nitrogen and oxygen atoms in total. The number of nitrogens with zero attached hydrogens (tertiary/aromatic N) is 2. The molecule has 88 valence electrons. The summed E-state index contributed by atoms with van der Waals surface area (Å²) in [6.45, 7) is 7.73. The number of aryl methyl sites for hydroxylation is 2. The zero-order chi connectivity index (χ0) is 11.6. The summed E-state index contributed by atoms with van der Waals surface area (Å²) in [7, 11) is 0. The molecule has 0 spiro atoms. The van der Waals surface area contributed by atoms with Gasteiger partial charge in [0.15, 0.2) is 0 Å². The fourth-order valence-electron chi connectivity index (χ4n) is 2.05. The molecule has 1 aromatic heterocycles. The van der Waals surface area contributed by atoms with E-state index in [0.717, 1.165) is 37.4 Å². The molecule has 16 heavy (non-hydrogen) atoms. The molecular weight excluding hydrogens is 202 g/mol. The van der Waals surface area contributed by atoms with Crippen LogP contribution in [0.5, 0.6) is 0 Å². The first-order chi connectivity index (χ1) is 7.57. The van der Waals surface area contributed by atoms with Gasteiger partial charge in [-0.1, -0.05) is 0 Å². The van der Waals surface area contributed by atoms with Gasteiger partial charge in [-0.05, 0) is 39.7 Å². The molecule has 2 rings (SSSR count). The second kappa shape index (κ2) is 4.37. The number of rotatable bonds is 3. The Kier molecular flexibility index (Phi) is 3.10. The van der Waals surface area contributed by atoms with Crippen LogP contribution in [0.15, 0.2) is 6.07 Å². The Morgan fingerprint density at radius 1 is 1.38 bits per heavy atom. The Morgan fingerprint density at radius 2 is 2.06 bits per heavy atom. The maximum atomic E-state index is 5.70. The highest BCUT2D eigenvalue weighted by atomic mass is 16.5. The largest absolute Gasteiger partial charge is 0.373 e. The lowest BCUT2D eigenvalue weighted by Gasteiger charge is -2.23. The van der Waals surface area contributed by atoms with Gasteiger partial charge in [0.05, 0.1) is 5.60 Å². The van der Waals surface area contributed by atoms with Gasteiger partial charge in [0.25, 0.3) is 0 Å². The van der Waals surface area contributed by atoms with Crippen LogP contribution in [0.4, 0.5) is 5.95 Å². The molecule has 0 saturated carbocycles. The van der Waals surface area contributed by atoms with Gasteiger partial charge < -0.3 is 10.1 Å². The highest BCUT2D eigenvalue weighted by Gasteiger charge is 2.29. The highest BCUT2D eigenvalue weighted by Crippen LogP contribution is 2.24. The van der Waals surface area contributed by atoms with E-state index in [2.05, 4.69) is 22.2 Å². The molecule has 1 fully saturated rings. The maximum Gasteiger partial charge on any atom is 0.223 e. The van der Waals surface area contributed by atoms with Gasteiger partial charge in [0, 0.05) is 24.5 Å². The molecule has 1 atom stereocenters. The molecule has 1 aliphatic rings. The Labute approximate surface area is 96.4 Å². The summed E-state index contributed by atoms with van der Waals surface area (Å²) in [4.78, 5) is 8.70. The minimum Gasteiger partial charge on any atom is -0.373 e. The number of anilines is 1. The quantitative estimate of drug-likeness (QED) is 0.848. The Hall–Kier alpha value is -1.16. The normalized spacial score (nSPS) is 24.7. The summed E-state index contributed by atoms with van der Waals surface area (Å²) in [6.07, 6.45) is 2.25. The highest BCUT2D eigenvalue weighted by molar-refractivity contribution is 5.28. The molecule has 0 bridgehead atoms. The van der Waals surface area contributed by atoms with Gasteiger partial charge >= 0.3 is 0 Å². The maximum absolute atomic E-state index is 5.70. The molecule has 2 heterocycles. The smallest absolute Gasteiger partial charge is 0.223 e. The first kappa shape index (κ1) is 11.3. The zero-order valence-electron chi connectivity index (χ0n) is 10.2. The molecule has 1 unspecified atom stereocenters. The lowest BCUT2D eigenvalue weighted by atomic mass is 10.0. The predicted molar refractivity (Wildman–Crippen MR) is 63.6 cm³/mol. The Balaban J connectivity index is 1.98. The van der Waals surface area contributed by atoms with Crippen LogP contribution in [0.3, 0.4) is 0 Å². The first-order valence-corrected chi connectivity index (χ1v) is 5.78. The van der Waals surface area contributed by atoms with Gasteiger partial charge in [-0.15, -0.1) is 0 Å². The number of ether oxygens (including phenoxy) is 1. The lowest BCUT2D eigenvalue weighted by Crippen LogP contribution is -2.33. The third-order valence-electron chi connectivity index (χ3n) is 2.90. The van der Waals surface area contributed by atoms with E-state index in [9.17, 15) is 0 Å². The number of aromatic nitrogens is 2. The van der Waals surface area contributed by atoms with E-state index in [0.29, 0.717) is 5.95 Å². The summed E-state index contributed by atoms with van der Waals surface area (Å²) >= 11 is 0. The van der Waals surface area contributed by atoms with Crippen LogP contribution in [0.1, 0.15) is 31.2 Å². The molecule has 1 saturated heterocycles. The van der Waals surface area contributed by atoms with E-state index in [4.69, 9.17) is 4.74 Å². The fraction of sp³-hybridized carbons (Fsp3) is 0.667. The summed E-state index contributed by atoms with van der Waals surface area (Å²) in [5.74, 6) is 0.703. The standard InChI is InChI=1S/C12H19N3O/c1-9-7-10(2)15-11(14-9)13-8-12(3)5-4-6-16-12/h7H,4-6,8H2,1-3H3,(H,13,14,15). The van der Waals surface area contributed by atoms with Crippen LogP contribution in [0.2, 0.25) is 0 Å². The van der Waals surface area contributed by atoms with Gasteiger partial charge in [0.1, 0.15) is 0 Å². The lowest BCUT2D eigenvalue weighted by molar-refractivity contribution is 0.0314. The molecule has 1 aromatic rings. The summed E-state index contributed by atoms with van der Waals surface area (Å²) in [5, 5.41) is 3.26. The average Bonchev–Trinajstić information content (AvgIpc) is 2.62. The molecule has 0 amide bonds. The summed E-state index contributed by atoms with van der Waals surface area (Å²) in [6, 6.07) is 1.97. The number of nitrogens with one attached hydrogen (secondary N) is 1. The average molecular weight is 221 g/mol. The topological polar surface area (TPSA) is 47.0 Å². The third-order valence-corrected chi connectivity index (χ3v) is 2.90. The van der Waals surface area contributed by atoms with Gasteiger partial charge in [-0.2, -0.15) is 0 Å². The molecule has 0 aromatic carbocycles. The Bertz CT molecular complexity index is 352. The molecule has 0 radical (unpaired) electrons. The SMILES string of the molecule is Cc1cc(C)nc(NCC2(C)CCCO2)n1.